The van der Waals surface area contributed by atoms with E-state index in [0.717, 1.165) is 19.4 Å². The maximum Gasteiger partial charge on any atom is 0.129 e. The molecule has 0 heterocycles. The molecule has 4 atom stereocenters. The van der Waals surface area contributed by atoms with Gasteiger partial charge in [0.25, 0.3) is 0 Å². The Labute approximate surface area is 141 Å². The van der Waals surface area contributed by atoms with Gasteiger partial charge in [0.1, 0.15) is 5.78 Å². The van der Waals surface area contributed by atoms with Crippen molar-refractivity contribution in [2.45, 2.75) is 51.2 Å². The molecule has 1 aliphatic rings. The van der Waals surface area contributed by atoms with Gasteiger partial charge in [0.15, 0.2) is 0 Å². The summed E-state index contributed by atoms with van der Waals surface area (Å²) in [6, 6.07) is 0. The molecule has 0 bridgehead atoms. The molecule has 0 aromatic carbocycles. The first-order chi connectivity index (χ1) is 9.56. The fraction of sp³-hybridized carbons (Fsp3) is 0.625. The Hall–Kier alpha value is -0.412. The normalized spacial score (nSPS) is 29.0. The van der Waals surface area contributed by atoms with Crippen molar-refractivity contribution in [1.29, 1.82) is 0 Å². The van der Waals surface area contributed by atoms with Gasteiger partial charge in [-0.3, -0.25) is 0 Å². The number of aliphatic hydroxyl groups is 3. The summed E-state index contributed by atoms with van der Waals surface area (Å²) in [5.74, 6) is 0.0544. The molecule has 120 valence electrons. The molecule has 0 aliphatic heterocycles. The Morgan fingerprint density at radius 2 is 2.00 bits per heavy atom. The van der Waals surface area contributed by atoms with Crippen LogP contribution in [0.5, 0.6) is 0 Å². The van der Waals surface area contributed by atoms with Crippen LogP contribution in [0.1, 0.15) is 39.0 Å². The van der Waals surface area contributed by atoms with E-state index in [2.05, 4.69) is 0 Å². The van der Waals surface area contributed by atoms with Gasteiger partial charge >= 0.3 is 0 Å². The standard InChI is InChI=1S/C16H25O4.W/c1-12(18)7-4-2-3-5-8-13-14(9-6-10-17)16(20)11-15(13)19;/h3,5-6,9-10,13-17,19-20H,2,4,7-8,11H2,1H3;/q-1;/b5-3-,9-6?;/t13-,14-,15+,16-;/m1./s1. The summed E-state index contributed by atoms with van der Waals surface area (Å²) in [5.41, 5.74) is 0. The zero-order valence-electron chi connectivity index (χ0n) is 12.4. The minimum absolute atomic E-state index is 0. The van der Waals surface area contributed by atoms with E-state index in [9.17, 15) is 15.0 Å². The molecule has 5 heteroatoms. The second-order valence-corrected chi connectivity index (χ2v) is 5.45. The molecule has 0 spiro atoms. The van der Waals surface area contributed by atoms with Crippen molar-refractivity contribution in [2.24, 2.45) is 11.8 Å². The Bertz CT molecular complexity index is 354. The monoisotopic (exact) mass is 465 g/mol. The average Bonchev–Trinajstić information content (AvgIpc) is 2.65. The number of hydrogen-bond acceptors (Lipinski definition) is 4. The van der Waals surface area contributed by atoms with Crippen LogP contribution in [-0.2, 0) is 25.9 Å². The molecule has 0 amide bonds. The fourth-order valence-corrected chi connectivity index (χ4v) is 2.72. The molecule has 0 aromatic heterocycles. The van der Waals surface area contributed by atoms with Gasteiger partial charge in [-0.05, 0) is 38.5 Å². The Balaban J connectivity index is 0.00000400. The Morgan fingerprint density at radius 1 is 1.29 bits per heavy atom. The van der Waals surface area contributed by atoms with Gasteiger partial charge in [-0.15, -0.1) is 6.61 Å². The number of ketones is 1. The number of unbranched alkanes of at least 4 members (excludes halogenated alkanes) is 1. The Kier molecular flexibility index (Phi) is 11.0. The van der Waals surface area contributed by atoms with Gasteiger partial charge in [0, 0.05) is 33.6 Å². The van der Waals surface area contributed by atoms with E-state index in [0.29, 0.717) is 19.3 Å². The van der Waals surface area contributed by atoms with Crippen LogP contribution in [0.2, 0.25) is 0 Å². The summed E-state index contributed by atoms with van der Waals surface area (Å²) in [4.78, 5) is 10.8. The maximum absolute atomic E-state index is 10.8. The van der Waals surface area contributed by atoms with Gasteiger partial charge in [0.05, 0.1) is 6.10 Å². The van der Waals surface area contributed by atoms with E-state index in [1.807, 2.05) is 12.2 Å². The molecule has 1 aliphatic carbocycles. The van der Waals surface area contributed by atoms with Crippen LogP contribution in [0.4, 0.5) is 0 Å². The first-order valence-corrected chi connectivity index (χ1v) is 7.21. The first kappa shape index (κ1) is 20.6. The zero-order valence-corrected chi connectivity index (χ0v) is 15.3. The SMILES string of the molecule is CC(=O)CCC/C=C\C[C@@H]1[C@@H](C=C[CH-]O)[C@H](O)C[C@@H]1O.[W]. The molecule has 4 nitrogen and oxygen atoms in total. The molecule has 0 unspecified atom stereocenters. The van der Waals surface area contributed by atoms with Crippen LogP contribution in [-0.4, -0.2) is 33.3 Å². The zero-order chi connectivity index (χ0) is 15.0. The summed E-state index contributed by atoms with van der Waals surface area (Å²) < 4.78 is 0. The van der Waals surface area contributed by atoms with Crippen molar-refractivity contribution >= 4 is 5.78 Å². The second kappa shape index (κ2) is 11.2. The van der Waals surface area contributed by atoms with Crippen LogP contribution in [0.3, 0.4) is 0 Å². The van der Waals surface area contributed by atoms with E-state index in [1.54, 1.807) is 13.0 Å². The molecule has 0 saturated heterocycles. The molecule has 1 rings (SSSR count). The summed E-state index contributed by atoms with van der Waals surface area (Å²) in [6.07, 6.45) is 9.59. The van der Waals surface area contributed by atoms with E-state index < -0.39 is 12.2 Å². The van der Waals surface area contributed by atoms with Crippen molar-refractivity contribution in [1.82, 2.24) is 0 Å². The molecular formula is C16H25O4W-. The van der Waals surface area contributed by atoms with E-state index in [-0.39, 0.29) is 38.7 Å². The number of Topliss-reactive ketones (excluding diaryl/α,β-unsaturated/α-hetero) is 1. The third-order valence-electron chi connectivity index (χ3n) is 3.81. The number of rotatable bonds is 8. The van der Waals surface area contributed by atoms with Crippen LogP contribution in [0, 0.1) is 18.4 Å². The van der Waals surface area contributed by atoms with Gasteiger partial charge in [-0.1, -0.05) is 18.1 Å². The molecular weight excluding hydrogens is 440 g/mol. The maximum atomic E-state index is 10.8. The van der Waals surface area contributed by atoms with Gasteiger partial charge in [-0.25, -0.2) is 12.2 Å². The number of carbonyl (C=O) groups is 1. The van der Waals surface area contributed by atoms with Crippen LogP contribution >= 0.6 is 0 Å². The minimum Gasteiger partial charge on any atom is -0.458 e. The summed E-state index contributed by atoms with van der Waals surface area (Å²) in [6.45, 7) is 2.53. The molecule has 1 saturated carbocycles. The molecule has 0 radical (unpaired) electrons. The third kappa shape index (κ3) is 7.41. The second-order valence-electron chi connectivity index (χ2n) is 5.45. The average molecular weight is 465 g/mol. The van der Waals surface area contributed by atoms with E-state index >= 15 is 0 Å². The van der Waals surface area contributed by atoms with E-state index in [1.165, 1.54) is 6.08 Å². The Morgan fingerprint density at radius 3 is 2.62 bits per heavy atom. The summed E-state index contributed by atoms with van der Waals surface area (Å²) >= 11 is 0. The number of aliphatic hydroxyl groups excluding tert-OH is 3. The smallest absolute Gasteiger partial charge is 0.129 e. The molecule has 21 heavy (non-hydrogen) atoms. The number of allylic oxidation sites excluding steroid dienone is 2. The van der Waals surface area contributed by atoms with Crippen molar-refractivity contribution in [3.8, 4) is 0 Å². The molecule has 1 fully saturated rings. The minimum atomic E-state index is -0.558. The molecule has 3 N–H and O–H groups in total. The summed E-state index contributed by atoms with van der Waals surface area (Å²) in [5, 5.41) is 28.5. The quantitative estimate of drug-likeness (QED) is 0.292. The van der Waals surface area contributed by atoms with Crippen molar-refractivity contribution in [2.75, 3.05) is 0 Å². The van der Waals surface area contributed by atoms with Crippen molar-refractivity contribution in [3.05, 3.63) is 30.9 Å². The van der Waals surface area contributed by atoms with Crippen LogP contribution < -0.4 is 0 Å². The predicted octanol–water partition coefficient (Wildman–Crippen LogP) is 2.14. The van der Waals surface area contributed by atoms with Crippen molar-refractivity contribution < 1.29 is 41.2 Å². The van der Waals surface area contributed by atoms with Crippen LogP contribution in [0.25, 0.3) is 0 Å². The predicted molar refractivity (Wildman–Crippen MR) is 77.3 cm³/mol. The number of hydrogen-bond donors (Lipinski definition) is 3. The van der Waals surface area contributed by atoms with Gasteiger partial charge in [0.2, 0.25) is 0 Å². The molecule has 0 aromatic rings. The third-order valence-corrected chi connectivity index (χ3v) is 3.81. The fourth-order valence-electron chi connectivity index (χ4n) is 2.72. The van der Waals surface area contributed by atoms with Crippen LogP contribution in [0.15, 0.2) is 24.3 Å². The summed E-state index contributed by atoms with van der Waals surface area (Å²) in [7, 11) is 0. The van der Waals surface area contributed by atoms with Gasteiger partial charge in [-0.2, -0.15) is 0 Å². The number of carbonyl (C=O) groups excluding carboxylic acids is 1. The first-order valence-electron chi connectivity index (χ1n) is 7.21. The topological polar surface area (TPSA) is 77.8 Å². The van der Waals surface area contributed by atoms with E-state index in [4.69, 9.17) is 5.11 Å². The largest absolute Gasteiger partial charge is 0.458 e. The van der Waals surface area contributed by atoms with Crippen molar-refractivity contribution in [3.63, 3.8) is 0 Å². The van der Waals surface area contributed by atoms with Gasteiger partial charge < -0.3 is 20.1 Å².